The predicted molar refractivity (Wildman–Crippen MR) is 99.3 cm³/mol. The van der Waals surface area contributed by atoms with Crippen molar-refractivity contribution < 1.29 is 19.1 Å². The van der Waals surface area contributed by atoms with E-state index in [4.69, 9.17) is 9.47 Å². The van der Waals surface area contributed by atoms with Gasteiger partial charge in [0.25, 0.3) is 0 Å². The Morgan fingerprint density at radius 1 is 1.00 bits per heavy atom. The molecule has 0 unspecified atom stereocenters. The monoisotopic (exact) mass is 353 g/mol. The summed E-state index contributed by atoms with van der Waals surface area (Å²) < 4.78 is 10.8. The number of ether oxygens (including phenoxy) is 2. The molecule has 2 aromatic carbocycles. The van der Waals surface area contributed by atoms with Gasteiger partial charge in [-0.1, -0.05) is 35.4 Å². The molecule has 0 saturated carbocycles. The van der Waals surface area contributed by atoms with E-state index >= 15 is 0 Å². The summed E-state index contributed by atoms with van der Waals surface area (Å²) in [5.41, 5.74) is 3.11. The molecule has 5 nitrogen and oxygen atoms in total. The molecule has 5 heteroatoms. The molecule has 26 heavy (non-hydrogen) atoms. The van der Waals surface area contributed by atoms with E-state index < -0.39 is 5.92 Å². The van der Waals surface area contributed by atoms with Gasteiger partial charge in [0.1, 0.15) is 19.0 Å². The Balaban J connectivity index is 1.45. The van der Waals surface area contributed by atoms with Gasteiger partial charge in [-0.25, -0.2) is 0 Å². The third-order valence-corrected chi connectivity index (χ3v) is 4.42. The number of nitrogens with zero attached hydrogens (tertiary/aromatic N) is 1. The lowest BCUT2D eigenvalue weighted by molar-refractivity contribution is -0.149. The van der Waals surface area contributed by atoms with Crippen LogP contribution in [0.15, 0.2) is 48.5 Å². The van der Waals surface area contributed by atoms with Gasteiger partial charge < -0.3 is 14.4 Å². The van der Waals surface area contributed by atoms with Crippen LogP contribution in [0.3, 0.4) is 0 Å². The van der Waals surface area contributed by atoms with Crippen LogP contribution in [0.25, 0.3) is 0 Å². The number of carbonyl (C=O) groups excluding carboxylic acids is 2. The van der Waals surface area contributed by atoms with Gasteiger partial charge >= 0.3 is 5.97 Å². The van der Waals surface area contributed by atoms with Crippen molar-refractivity contribution in [3.8, 4) is 5.75 Å². The summed E-state index contributed by atoms with van der Waals surface area (Å²) in [6, 6.07) is 15.4. The molecule has 3 rings (SSSR count). The second-order valence-electron chi connectivity index (χ2n) is 6.57. The van der Waals surface area contributed by atoms with E-state index in [9.17, 15) is 9.59 Å². The van der Waals surface area contributed by atoms with Crippen LogP contribution in [0.5, 0.6) is 5.75 Å². The van der Waals surface area contributed by atoms with Crippen LogP contribution >= 0.6 is 0 Å². The SMILES string of the molecule is Cc1ccc(OCCOC(=O)[C@@H]2CC(=O)N(c3ccc(C)cc3)C2)cc1. The fourth-order valence-corrected chi connectivity index (χ4v) is 2.89. The topological polar surface area (TPSA) is 55.8 Å². The number of hydrogen-bond acceptors (Lipinski definition) is 4. The first kappa shape index (κ1) is 18.0. The van der Waals surface area contributed by atoms with E-state index in [-0.39, 0.29) is 31.5 Å². The van der Waals surface area contributed by atoms with Gasteiger partial charge in [0.2, 0.25) is 5.91 Å². The number of hydrogen-bond donors (Lipinski definition) is 0. The van der Waals surface area contributed by atoms with Crippen LogP contribution in [0.1, 0.15) is 17.5 Å². The van der Waals surface area contributed by atoms with Crippen molar-refractivity contribution >= 4 is 17.6 Å². The molecule has 1 amide bonds. The van der Waals surface area contributed by atoms with E-state index in [1.165, 1.54) is 0 Å². The number of aryl methyl sites for hydroxylation is 2. The molecule has 0 radical (unpaired) electrons. The molecule has 0 aromatic heterocycles. The first-order chi connectivity index (χ1) is 12.5. The van der Waals surface area contributed by atoms with Crippen LogP contribution in [0, 0.1) is 19.8 Å². The third kappa shape index (κ3) is 4.42. The van der Waals surface area contributed by atoms with Crippen LogP contribution in [0.4, 0.5) is 5.69 Å². The normalized spacial score (nSPS) is 16.6. The fraction of sp³-hybridized carbons (Fsp3) is 0.333. The molecule has 0 spiro atoms. The highest BCUT2D eigenvalue weighted by atomic mass is 16.6. The molecule has 136 valence electrons. The smallest absolute Gasteiger partial charge is 0.311 e. The minimum Gasteiger partial charge on any atom is -0.490 e. The zero-order valence-electron chi connectivity index (χ0n) is 15.1. The summed E-state index contributed by atoms with van der Waals surface area (Å²) in [7, 11) is 0. The van der Waals surface area contributed by atoms with E-state index in [1.54, 1.807) is 4.90 Å². The Bertz CT molecular complexity index is 768. The Hall–Kier alpha value is -2.82. The Kier molecular flexibility index (Phi) is 5.56. The van der Waals surface area contributed by atoms with Crippen molar-refractivity contribution in [1.29, 1.82) is 0 Å². The first-order valence-corrected chi connectivity index (χ1v) is 8.76. The highest BCUT2D eigenvalue weighted by molar-refractivity contribution is 5.99. The summed E-state index contributed by atoms with van der Waals surface area (Å²) in [6.07, 6.45) is 0.186. The minimum absolute atomic E-state index is 0.0493. The maximum absolute atomic E-state index is 12.2. The number of amides is 1. The highest BCUT2D eigenvalue weighted by Crippen LogP contribution is 2.26. The summed E-state index contributed by atoms with van der Waals surface area (Å²) in [5, 5.41) is 0. The summed E-state index contributed by atoms with van der Waals surface area (Å²) in [5.74, 6) is -0.0800. The second kappa shape index (κ2) is 8.04. The molecule has 1 fully saturated rings. The minimum atomic E-state index is -0.428. The zero-order chi connectivity index (χ0) is 18.5. The number of carbonyl (C=O) groups is 2. The molecule has 0 aliphatic carbocycles. The van der Waals surface area contributed by atoms with Crippen molar-refractivity contribution in [3.05, 3.63) is 59.7 Å². The van der Waals surface area contributed by atoms with Crippen LogP contribution in [0.2, 0.25) is 0 Å². The Morgan fingerprint density at radius 2 is 1.62 bits per heavy atom. The predicted octanol–water partition coefficient (Wildman–Crippen LogP) is 3.28. The van der Waals surface area contributed by atoms with Crippen molar-refractivity contribution in [2.24, 2.45) is 5.92 Å². The Morgan fingerprint density at radius 3 is 2.27 bits per heavy atom. The molecule has 1 heterocycles. The average Bonchev–Trinajstić information content (AvgIpc) is 3.02. The summed E-state index contributed by atoms with van der Waals surface area (Å²) >= 11 is 0. The molecule has 1 saturated heterocycles. The van der Waals surface area contributed by atoms with Gasteiger partial charge in [-0.05, 0) is 38.1 Å². The van der Waals surface area contributed by atoms with Gasteiger partial charge in [0.15, 0.2) is 0 Å². The first-order valence-electron chi connectivity index (χ1n) is 8.76. The second-order valence-corrected chi connectivity index (χ2v) is 6.57. The molecule has 0 N–H and O–H groups in total. The molecule has 1 atom stereocenters. The van der Waals surface area contributed by atoms with Gasteiger partial charge in [-0.2, -0.15) is 0 Å². The summed E-state index contributed by atoms with van der Waals surface area (Å²) in [6.45, 7) is 4.82. The van der Waals surface area contributed by atoms with E-state index in [0.29, 0.717) is 6.54 Å². The standard InChI is InChI=1S/C21H23NO4/c1-15-3-7-18(8-4-15)22-14-17(13-20(22)23)21(24)26-12-11-25-19-9-5-16(2)6-10-19/h3-10,17H,11-14H2,1-2H3/t17-/m1/s1. The molecule has 1 aliphatic rings. The van der Waals surface area contributed by atoms with Gasteiger partial charge in [-0.15, -0.1) is 0 Å². The van der Waals surface area contributed by atoms with Crippen LogP contribution in [-0.2, 0) is 14.3 Å². The van der Waals surface area contributed by atoms with Crippen molar-refractivity contribution in [1.82, 2.24) is 0 Å². The lowest BCUT2D eigenvalue weighted by Gasteiger charge is -2.16. The van der Waals surface area contributed by atoms with Crippen LogP contribution < -0.4 is 9.64 Å². The maximum Gasteiger partial charge on any atom is 0.311 e. The zero-order valence-corrected chi connectivity index (χ0v) is 15.1. The van der Waals surface area contributed by atoms with Gasteiger partial charge in [0, 0.05) is 18.7 Å². The molecule has 2 aromatic rings. The Labute approximate surface area is 153 Å². The van der Waals surface area contributed by atoms with E-state index in [2.05, 4.69) is 0 Å². The summed E-state index contributed by atoms with van der Waals surface area (Å²) in [4.78, 5) is 26.1. The highest BCUT2D eigenvalue weighted by Gasteiger charge is 2.36. The van der Waals surface area contributed by atoms with Crippen molar-refractivity contribution in [3.63, 3.8) is 0 Å². The number of esters is 1. The van der Waals surface area contributed by atoms with Crippen LogP contribution in [-0.4, -0.2) is 31.6 Å². The third-order valence-electron chi connectivity index (χ3n) is 4.42. The van der Waals surface area contributed by atoms with Gasteiger partial charge in [0.05, 0.1) is 5.92 Å². The molecular formula is C21H23NO4. The average molecular weight is 353 g/mol. The lowest BCUT2D eigenvalue weighted by atomic mass is 10.1. The number of anilines is 1. The van der Waals surface area contributed by atoms with Gasteiger partial charge in [-0.3, -0.25) is 9.59 Å². The lowest BCUT2D eigenvalue weighted by Crippen LogP contribution is -2.26. The largest absolute Gasteiger partial charge is 0.490 e. The fourth-order valence-electron chi connectivity index (χ4n) is 2.89. The number of rotatable bonds is 6. The quantitative estimate of drug-likeness (QED) is 0.591. The molecule has 0 bridgehead atoms. The van der Waals surface area contributed by atoms with E-state index in [0.717, 1.165) is 22.6 Å². The van der Waals surface area contributed by atoms with Crippen molar-refractivity contribution in [2.45, 2.75) is 20.3 Å². The molecule has 1 aliphatic heterocycles. The molecular weight excluding hydrogens is 330 g/mol. The maximum atomic E-state index is 12.2. The number of benzene rings is 2. The van der Waals surface area contributed by atoms with Crippen molar-refractivity contribution in [2.75, 3.05) is 24.7 Å². The van der Waals surface area contributed by atoms with E-state index in [1.807, 2.05) is 62.4 Å².